The minimum atomic E-state index is -0.0472. The largest absolute Gasteiger partial charge is 0.432 e. The summed E-state index contributed by atoms with van der Waals surface area (Å²) in [6.07, 6.45) is 5.55. The Hall–Kier alpha value is -1.97. The topological polar surface area (TPSA) is 56.0 Å². The van der Waals surface area contributed by atoms with Crippen molar-refractivity contribution in [2.75, 3.05) is 0 Å². The van der Waals surface area contributed by atoms with Gasteiger partial charge in [-0.1, -0.05) is 19.4 Å². The van der Waals surface area contributed by atoms with Crippen LogP contribution in [0.25, 0.3) is 11.5 Å². The molecule has 2 aromatic heterocycles. The fourth-order valence-corrected chi connectivity index (χ4v) is 1.47. The molecule has 0 aliphatic rings. The summed E-state index contributed by atoms with van der Waals surface area (Å²) in [5.74, 6) is 0.665. The molecule has 0 spiro atoms. The Morgan fingerprint density at radius 3 is 2.94 bits per heavy atom. The SMILES string of the molecule is CCCCC(=O)c1ncc(-c2ccccn2)o1. The molecule has 2 aromatic rings. The van der Waals surface area contributed by atoms with Gasteiger partial charge in [-0.15, -0.1) is 0 Å². The van der Waals surface area contributed by atoms with Crippen LogP contribution < -0.4 is 0 Å². The average molecular weight is 230 g/mol. The standard InChI is InChI=1S/C13H14N2O2/c1-2-3-7-11(16)13-15-9-12(17-13)10-6-4-5-8-14-10/h4-6,8-9H,2-3,7H2,1H3. The Morgan fingerprint density at radius 1 is 1.35 bits per heavy atom. The van der Waals surface area contributed by atoms with E-state index in [1.807, 2.05) is 25.1 Å². The third-order valence-corrected chi connectivity index (χ3v) is 2.42. The van der Waals surface area contributed by atoms with Crippen molar-refractivity contribution in [1.29, 1.82) is 0 Å². The van der Waals surface area contributed by atoms with Crippen LogP contribution in [-0.4, -0.2) is 15.8 Å². The molecule has 4 heteroatoms. The van der Waals surface area contributed by atoms with E-state index in [0.29, 0.717) is 17.9 Å². The van der Waals surface area contributed by atoms with Gasteiger partial charge in [0.05, 0.1) is 6.20 Å². The summed E-state index contributed by atoms with van der Waals surface area (Å²) >= 11 is 0. The van der Waals surface area contributed by atoms with Crippen LogP contribution in [0.4, 0.5) is 0 Å². The van der Waals surface area contributed by atoms with E-state index in [-0.39, 0.29) is 11.7 Å². The van der Waals surface area contributed by atoms with Crippen LogP contribution in [0.3, 0.4) is 0 Å². The van der Waals surface area contributed by atoms with Crippen molar-refractivity contribution in [2.45, 2.75) is 26.2 Å². The lowest BCUT2D eigenvalue weighted by molar-refractivity contribution is 0.0947. The number of rotatable bonds is 5. The van der Waals surface area contributed by atoms with Crippen LogP contribution in [0, 0.1) is 0 Å². The van der Waals surface area contributed by atoms with Crippen molar-refractivity contribution in [3.05, 3.63) is 36.5 Å². The van der Waals surface area contributed by atoms with Gasteiger partial charge in [0.15, 0.2) is 5.76 Å². The Balaban J connectivity index is 2.14. The predicted octanol–water partition coefficient (Wildman–Crippen LogP) is 3.11. The van der Waals surface area contributed by atoms with Crippen LogP contribution >= 0.6 is 0 Å². The number of pyridine rings is 1. The lowest BCUT2D eigenvalue weighted by Gasteiger charge is -1.94. The van der Waals surface area contributed by atoms with Gasteiger partial charge in [-0.2, -0.15) is 0 Å². The molecule has 0 bridgehead atoms. The molecule has 0 unspecified atom stereocenters. The lowest BCUT2D eigenvalue weighted by atomic mass is 10.2. The molecule has 2 rings (SSSR count). The molecule has 0 aliphatic heterocycles. The Bertz CT molecular complexity index is 491. The molecule has 4 nitrogen and oxygen atoms in total. The second-order valence-electron chi connectivity index (χ2n) is 3.77. The maximum absolute atomic E-state index is 11.7. The number of unbranched alkanes of at least 4 members (excludes halogenated alkanes) is 1. The summed E-state index contributed by atoms with van der Waals surface area (Å²) in [5.41, 5.74) is 0.689. The highest BCUT2D eigenvalue weighted by Crippen LogP contribution is 2.18. The Labute approximate surface area is 99.7 Å². The molecular formula is C13H14N2O2. The highest BCUT2D eigenvalue weighted by Gasteiger charge is 2.13. The highest BCUT2D eigenvalue weighted by molar-refractivity contribution is 5.91. The first-order valence-electron chi connectivity index (χ1n) is 5.71. The second-order valence-corrected chi connectivity index (χ2v) is 3.77. The Kier molecular flexibility index (Phi) is 3.65. The van der Waals surface area contributed by atoms with Crippen LogP contribution in [0.15, 0.2) is 35.0 Å². The Morgan fingerprint density at radius 2 is 2.24 bits per heavy atom. The van der Waals surface area contributed by atoms with Gasteiger partial charge in [0.1, 0.15) is 5.69 Å². The van der Waals surface area contributed by atoms with Crippen LogP contribution in [0.2, 0.25) is 0 Å². The quantitative estimate of drug-likeness (QED) is 0.740. The first-order chi connectivity index (χ1) is 8.31. The first-order valence-corrected chi connectivity index (χ1v) is 5.71. The highest BCUT2D eigenvalue weighted by atomic mass is 16.4. The summed E-state index contributed by atoms with van der Waals surface area (Å²) in [4.78, 5) is 19.8. The zero-order valence-corrected chi connectivity index (χ0v) is 9.72. The van der Waals surface area contributed by atoms with Crippen molar-refractivity contribution in [2.24, 2.45) is 0 Å². The number of carbonyl (C=O) groups is 1. The summed E-state index contributed by atoms with van der Waals surface area (Å²) in [5, 5.41) is 0. The predicted molar refractivity (Wildman–Crippen MR) is 63.6 cm³/mol. The molecule has 2 heterocycles. The monoisotopic (exact) mass is 230 g/mol. The van der Waals surface area contributed by atoms with Crippen molar-refractivity contribution in [3.8, 4) is 11.5 Å². The van der Waals surface area contributed by atoms with Crippen molar-refractivity contribution >= 4 is 5.78 Å². The molecule has 0 radical (unpaired) electrons. The van der Waals surface area contributed by atoms with Crippen LogP contribution in [-0.2, 0) is 0 Å². The van der Waals surface area contributed by atoms with Crippen LogP contribution in [0.1, 0.15) is 36.9 Å². The van der Waals surface area contributed by atoms with E-state index in [0.717, 1.165) is 12.8 Å². The van der Waals surface area contributed by atoms with E-state index >= 15 is 0 Å². The zero-order valence-electron chi connectivity index (χ0n) is 9.72. The summed E-state index contributed by atoms with van der Waals surface area (Å²) < 4.78 is 5.41. The van der Waals surface area contributed by atoms with Gasteiger partial charge < -0.3 is 4.42 Å². The van der Waals surface area contributed by atoms with Gasteiger partial charge in [-0.05, 0) is 18.6 Å². The van der Waals surface area contributed by atoms with Crippen LogP contribution in [0.5, 0.6) is 0 Å². The molecule has 0 amide bonds. The number of ketones is 1. The number of carbonyl (C=O) groups excluding carboxylic acids is 1. The summed E-state index contributed by atoms with van der Waals surface area (Å²) in [7, 11) is 0. The maximum Gasteiger partial charge on any atom is 0.263 e. The number of hydrogen-bond acceptors (Lipinski definition) is 4. The third kappa shape index (κ3) is 2.78. The molecular weight excluding hydrogens is 216 g/mol. The van der Waals surface area contributed by atoms with E-state index < -0.39 is 0 Å². The molecule has 88 valence electrons. The summed E-state index contributed by atoms with van der Waals surface area (Å²) in [6.45, 7) is 2.04. The van der Waals surface area contributed by atoms with E-state index in [4.69, 9.17) is 4.42 Å². The molecule has 0 saturated heterocycles. The number of oxazole rings is 1. The van der Waals surface area contributed by atoms with Gasteiger partial charge in [0, 0.05) is 12.6 Å². The second kappa shape index (κ2) is 5.39. The molecule has 0 atom stereocenters. The van der Waals surface area contributed by atoms with Gasteiger partial charge in [-0.3, -0.25) is 9.78 Å². The smallest absolute Gasteiger partial charge is 0.263 e. The normalized spacial score (nSPS) is 10.4. The van der Waals surface area contributed by atoms with Gasteiger partial charge in [0.2, 0.25) is 5.78 Å². The molecule has 0 saturated carbocycles. The van der Waals surface area contributed by atoms with E-state index in [1.165, 1.54) is 0 Å². The lowest BCUT2D eigenvalue weighted by Crippen LogP contribution is -1.98. The van der Waals surface area contributed by atoms with Crippen molar-refractivity contribution in [3.63, 3.8) is 0 Å². The van der Waals surface area contributed by atoms with E-state index in [9.17, 15) is 4.79 Å². The summed E-state index contributed by atoms with van der Waals surface area (Å²) in [6, 6.07) is 5.51. The van der Waals surface area contributed by atoms with E-state index in [1.54, 1.807) is 12.4 Å². The number of aromatic nitrogens is 2. The van der Waals surface area contributed by atoms with Crippen molar-refractivity contribution in [1.82, 2.24) is 9.97 Å². The maximum atomic E-state index is 11.7. The third-order valence-electron chi connectivity index (χ3n) is 2.42. The fourth-order valence-electron chi connectivity index (χ4n) is 1.47. The van der Waals surface area contributed by atoms with Crippen molar-refractivity contribution < 1.29 is 9.21 Å². The first kappa shape index (κ1) is 11.5. The molecule has 0 aromatic carbocycles. The number of hydrogen-bond donors (Lipinski definition) is 0. The minimum Gasteiger partial charge on any atom is -0.432 e. The average Bonchev–Trinajstić information content (AvgIpc) is 2.86. The van der Waals surface area contributed by atoms with Gasteiger partial charge >= 0.3 is 0 Å². The minimum absolute atomic E-state index is 0.0472. The molecule has 17 heavy (non-hydrogen) atoms. The van der Waals surface area contributed by atoms with Gasteiger partial charge in [0.25, 0.3) is 5.89 Å². The fraction of sp³-hybridized carbons (Fsp3) is 0.308. The zero-order chi connectivity index (χ0) is 12.1. The van der Waals surface area contributed by atoms with Gasteiger partial charge in [-0.25, -0.2) is 4.98 Å². The molecule has 0 N–H and O–H groups in total. The van der Waals surface area contributed by atoms with E-state index in [2.05, 4.69) is 9.97 Å². The number of nitrogens with zero attached hydrogens (tertiary/aromatic N) is 2. The molecule has 0 aliphatic carbocycles. The molecule has 0 fully saturated rings. The number of Topliss-reactive ketones (excluding diaryl/α,β-unsaturated/α-hetero) is 1.